The van der Waals surface area contributed by atoms with E-state index >= 15 is 0 Å². The zero-order valence-corrected chi connectivity index (χ0v) is 17.0. The first kappa shape index (κ1) is 19.6. The van der Waals surface area contributed by atoms with Crippen molar-refractivity contribution in [1.82, 2.24) is 4.90 Å². The second-order valence-corrected chi connectivity index (χ2v) is 7.71. The minimum Gasteiger partial charge on any atom is -0.490 e. The predicted octanol–water partition coefficient (Wildman–Crippen LogP) is 4.86. The highest BCUT2D eigenvalue weighted by atomic mass is 79.9. The lowest BCUT2D eigenvalue weighted by Crippen LogP contribution is -2.37. The highest BCUT2D eigenvalue weighted by molar-refractivity contribution is 9.10. The molecular formula is C22H25BrN2O2. The number of nitrogens with one attached hydrogen (secondary N) is 1. The van der Waals surface area contributed by atoms with Gasteiger partial charge in [0.15, 0.2) is 0 Å². The first-order chi connectivity index (χ1) is 13.1. The van der Waals surface area contributed by atoms with Gasteiger partial charge in [0.2, 0.25) is 5.91 Å². The van der Waals surface area contributed by atoms with E-state index in [1.165, 1.54) is 5.56 Å². The Bertz CT molecular complexity index is 751. The quantitative estimate of drug-likeness (QED) is 0.639. The third-order valence-corrected chi connectivity index (χ3v) is 5.30. The monoisotopic (exact) mass is 428 g/mol. The molecule has 142 valence electrons. The van der Waals surface area contributed by atoms with E-state index in [9.17, 15) is 4.79 Å². The summed E-state index contributed by atoms with van der Waals surface area (Å²) in [7, 11) is 0. The molecule has 0 aromatic heterocycles. The fraction of sp³-hybridized carbons (Fsp3) is 0.318. The Morgan fingerprint density at radius 3 is 2.44 bits per heavy atom. The van der Waals surface area contributed by atoms with Crippen LogP contribution in [0.15, 0.2) is 65.7 Å². The highest BCUT2D eigenvalue weighted by Gasteiger charge is 2.25. The molecule has 27 heavy (non-hydrogen) atoms. The average molecular weight is 429 g/mol. The summed E-state index contributed by atoms with van der Waals surface area (Å²) in [5, 5.41) is 3.03. The van der Waals surface area contributed by atoms with Gasteiger partial charge in [0.05, 0.1) is 0 Å². The summed E-state index contributed by atoms with van der Waals surface area (Å²) in [4.78, 5) is 15.0. The number of amides is 1. The predicted molar refractivity (Wildman–Crippen MR) is 113 cm³/mol. The first-order valence-electron chi connectivity index (χ1n) is 9.25. The van der Waals surface area contributed by atoms with Crippen LogP contribution < -0.4 is 10.1 Å². The number of rotatable bonds is 7. The number of piperidine rings is 1. The van der Waals surface area contributed by atoms with Crippen LogP contribution in [-0.2, 0) is 11.3 Å². The Labute approximate surface area is 169 Å². The van der Waals surface area contributed by atoms with Gasteiger partial charge in [-0.2, -0.15) is 0 Å². The summed E-state index contributed by atoms with van der Waals surface area (Å²) in [5.41, 5.74) is 2.11. The number of benzene rings is 2. The fourth-order valence-corrected chi connectivity index (χ4v) is 3.50. The summed E-state index contributed by atoms with van der Waals surface area (Å²) in [6, 6.07) is 15.9. The lowest BCUT2D eigenvalue weighted by atomic mass is 9.95. The van der Waals surface area contributed by atoms with E-state index in [0.29, 0.717) is 6.61 Å². The minimum atomic E-state index is 0.0721. The van der Waals surface area contributed by atoms with Crippen molar-refractivity contribution < 1.29 is 9.53 Å². The van der Waals surface area contributed by atoms with Crippen LogP contribution in [0.5, 0.6) is 5.75 Å². The van der Waals surface area contributed by atoms with Crippen LogP contribution >= 0.6 is 15.9 Å². The molecule has 2 aromatic carbocycles. The lowest BCUT2D eigenvalue weighted by Gasteiger charge is -2.31. The smallest absolute Gasteiger partial charge is 0.227 e. The molecule has 4 nitrogen and oxygen atoms in total. The maximum absolute atomic E-state index is 12.5. The van der Waals surface area contributed by atoms with E-state index < -0.39 is 0 Å². The number of likely N-dealkylation sites (tertiary alicyclic amines) is 1. The summed E-state index contributed by atoms with van der Waals surface area (Å²) >= 11 is 3.47. The molecule has 0 unspecified atom stereocenters. The van der Waals surface area contributed by atoms with Gasteiger partial charge in [-0.05, 0) is 67.9 Å². The van der Waals surface area contributed by atoms with Crippen molar-refractivity contribution >= 4 is 27.5 Å². The minimum absolute atomic E-state index is 0.0721. The maximum atomic E-state index is 12.5. The molecule has 1 fully saturated rings. The van der Waals surface area contributed by atoms with Crippen LogP contribution in [-0.4, -0.2) is 30.5 Å². The Kier molecular flexibility index (Phi) is 7.07. The molecule has 0 bridgehead atoms. The Morgan fingerprint density at radius 1 is 1.15 bits per heavy atom. The molecule has 1 aliphatic heterocycles. The molecule has 1 amide bonds. The summed E-state index contributed by atoms with van der Waals surface area (Å²) in [6.07, 6.45) is 3.49. The second kappa shape index (κ2) is 9.72. The number of halogens is 1. The Balaban J connectivity index is 1.45. The summed E-state index contributed by atoms with van der Waals surface area (Å²) < 4.78 is 6.56. The molecule has 0 spiro atoms. The molecule has 2 aromatic rings. The largest absolute Gasteiger partial charge is 0.490 e. The SMILES string of the molecule is C=CCOc1ccc(NC(=O)C2CCN(Cc3ccc(Br)cc3)CC2)cc1. The number of hydrogen-bond donors (Lipinski definition) is 1. The number of nitrogens with zero attached hydrogens (tertiary/aromatic N) is 1. The molecule has 0 radical (unpaired) electrons. The molecule has 0 aliphatic carbocycles. The van der Waals surface area contributed by atoms with Gasteiger partial charge in [0.25, 0.3) is 0 Å². The molecule has 1 N–H and O–H groups in total. The Hall–Kier alpha value is -2.11. The zero-order valence-electron chi connectivity index (χ0n) is 15.4. The van der Waals surface area contributed by atoms with Gasteiger partial charge < -0.3 is 10.1 Å². The molecule has 1 saturated heterocycles. The van der Waals surface area contributed by atoms with Crippen molar-refractivity contribution in [1.29, 1.82) is 0 Å². The molecule has 1 heterocycles. The van der Waals surface area contributed by atoms with Crippen molar-refractivity contribution in [3.63, 3.8) is 0 Å². The Morgan fingerprint density at radius 2 is 1.81 bits per heavy atom. The van der Waals surface area contributed by atoms with Gasteiger partial charge in [-0.1, -0.05) is 40.7 Å². The highest BCUT2D eigenvalue weighted by Crippen LogP contribution is 2.22. The molecule has 1 aliphatic rings. The van der Waals surface area contributed by atoms with E-state index in [4.69, 9.17) is 4.74 Å². The molecule has 5 heteroatoms. The van der Waals surface area contributed by atoms with Gasteiger partial charge in [-0.3, -0.25) is 9.69 Å². The molecular weight excluding hydrogens is 404 g/mol. The van der Waals surface area contributed by atoms with Crippen LogP contribution in [0.1, 0.15) is 18.4 Å². The average Bonchev–Trinajstić information content (AvgIpc) is 2.70. The number of ether oxygens (including phenoxy) is 1. The van der Waals surface area contributed by atoms with E-state index in [1.54, 1.807) is 6.08 Å². The van der Waals surface area contributed by atoms with Crippen molar-refractivity contribution in [3.8, 4) is 5.75 Å². The fourth-order valence-electron chi connectivity index (χ4n) is 3.24. The van der Waals surface area contributed by atoms with Crippen molar-refractivity contribution in [3.05, 3.63) is 71.2 Å². The van der Waals surface area contributed by atoms with E-state index in [2.05, 4.69) is 57.0 Å². The van der Waals surface area contributed by atoms with Crippen LogP contribution in [0.25, 0.3) is 0 Å². The van der Waals surface area contributed by atoms with Crippen LogP contribution in [0.4, 0.5) is 5.69 Å². The van der Waals surface area contributed by atoms with Crippen molar-refractivity contribution in [2.75, 3.05) is 25.0 Å². The number of carbonyl (C=O) groups excluding carboxylic acids is 1. The van der Waals surface area contributed by atoms with E-state index in [0.717, 1.165) is 48.4 Å². The van der Waals surface area contributed by atoms with Crippen LogP contribution in [0, 0.1) is 5.92 Å². The van der Waals surface area contributed by atoms with Crippen molar-refractivity contribution in [2.45, 2.75) is 19.4 Å². The van der Waals surface area contributed by atoms with Gasteiger partial charge in [-0.25, -0.2) is 0 Å². The third kappa shape index (κ3) is 5.94. The van der Waals surface area contributed by atoms with Gasteiger partial charge in [-0.15, -0.1) is 0 Å². The number of hydrogen-bond acceptors (Lipinski definition) is 3. The van der Waals surface area contributed by atoms with E-state index in [1.807, 2.05) is 24.3 Å². The zero-order chi connectivity index (χ0) is 19.1. The molecule has 0 saturated carbocycles. The maximum Gasteiger partial charge on any atom is 0.227 e. The summed E-state index contributed by atoms with van der Waals surface area (Å²) in [6.45, 7) is 6.94. The van der Waals surface area contributed by atoms with Gasteiger partial charge in [0, 0.05) is 22.6 Å². The number of anilines is 1. The van der Waals surface area contributed by atoms with Crippen LogP contribution in [0.2, 0.25) is 0 Å². The third-order valence-electron chi connectivity index (χ3n) is 4.77. The number of carbonyl (C=O) groups is 1. The standard InChI is InChI=1S/C22H25BrN2O2/c1-2-15-27-21-9-7-20(8-10-21)24-22(26)18-11-13-25(14-12-18)16-17-3-5-19(23)6-4-17/h2-10,18H,1,11-16H2,(H,24,26). The normalized spacial score (nSPS) is 15.3. The second-order valence-electron chi connectivity index (χ2n) is 6.79. The van der Waals surface area contributed by atoms with Gasteiger partial charge in [0.1, 0.15) is 12.4 Å². The summed E-state index contributed by atoms with van der Waals surface area (Å²) in [5.74, 6) is 0.954. The van der Waals surface area contributed by atoms with E-state index in [-0.39, 0.29) is 11.8 Å². The topological polar surface area (TPSA) is 41.6 Å². The van der Waals surface area contributed by atoms with Gasteiger partial charge >= 0.3 is 0 Å². The van der Waals surface area contributed by atoms with Crippen molar-refractivity contribution in [2.24, 2.45) is 5.92 Å². The molecule has 3 rings (SSSR count). The van der Waals surface area contributed by atoms with Crippen LogP contribution in [0.3, 0.4) is 0 Å². The first-order valence-corrected chi connectivity index (χ1v) is 10.0. The molecule has 0 atom stereocenters. The lowest BCUT2D eigenvalue weighted by molar-refractivity contribution is -0.121.